The van der Waals surface area contributed by atoms with Crippen LogP contribution < -0.4 is 10.5 Å². The molecule has 0 saturated carbocycles. The van der Waals surface area contributed by atoms with Crippen molar-refractivity contribution in [2.45, 2.75) is 24.8 Å². The van der Waals surface area contributed by atoms with E-state index in [2.05, 4.69) is 29.0 Å². The van der Waals surface area contributed by atoms with Crippen molar-refractivity contribution in [3.05, 3.63) is 51.7 Å². The molecule has 1 atom stereocenters. The summed E-state index contributed by atoms with van der Waals surface area (Å²) in [5, 5.41) is 4.26. The lowest BCUT2D eigenvalue weighted by Gasteiger charge is -2.35. The van der Waals surface area contributed by atoms with E-state index in [9.17, 15) is 0 Å². The van der Waals surface area contributed by atoms with E-state index in [1.807, 2.05) is 6.07 Å². The number of benzene rings is 1. The Morgan fingerprint density at radius 3 is 2.94 bits per heavy atom. The fourth-order valence-corrected chi connectivity index (χ4v) is 3.57. The van der Waals surface area contributed by atoms with Crippen LogP contribution in [-0.2, 0) is 12.0 Å². The molecule has 0 fully saturated rings. The molecule has 0 radical (unpaired) electrons. The van der Waals surface area contributed by atoms with Crippen molar-refractivity contribution in [2.75, 3.05) is 7.11 Å². The number of hydrogen-bond acceptors (Lipinski definition) is 3. The van der Waals surface area contributed by atoms with Crippen LogP contribution in [-0.4, -0.2) is 7.11 Å². The van der Waals surface area contributed by atoms with Crippen LogP contribution in [0, 0.1) is 0 Å². The largest absolute Gasteiger partial charge is 0.497 e. The number of fused-ring (bicyclic) bond motifs is 1. The molecule has 18 heavy (non-hydrogen) atoms. The lowest BCUT2D eigenvalue weighted by Crippen LogP contribution is -2.40. The SMILES string of the molecule is COc1ccc2c(c1)C(N)(c1ccsc1)CCC2. The number of ether oxygens (including phenoxy) is 1. The molecule has 1 aliphatic carbocycles. The van der Waals surface area contributed by atoms with Crippen molar-refractivity contribution in [1.82, 2.24) is 0 Å². The van der Waals surface area contributed by atoms with Crippen LogP contribution in [0.2, 0.25) is 0 Å². The van der Waals surface area contributed by atoms with Crippen molar-refractivity contribution < 1.29 is 4.74 Å². The first-order chi connectivity index (χ1) is 8.74. The Balaban J connectivity index is 2.16. The maximum absolute atomic E-state index is 6.71. The standard InChI is InChI=1S/C15H17NOS/c1-17-13-5-4-11-3-2-7-15(16,14(11)9-13)12-6-8-18-10-12/h4-6,8-10H,2-3,7,16H2,1H3. The number of hydrogen-bond donors (Lipinski definition) is 1. The third-order valence-corrected chi connectivity index (χ3v) is 4.53. The zero-order valence-electron chi connectivity index (χ0n) is 10.5. The van der Waals surface area contributed by atoms with Gasteiger partial charge in [-0.15, -0.1) is 0 Å². The van der Waals surface area contributed by atoms with E-state index in [0.29, 0.717) is 0 Å². The number of aryl methyl sites for hydroxylation is 1. The molecule has 0 aliphatic heterocycles. The van der Waals surface area contributed by atoms with Gasteiger partial charge in [-0.1, -0.05) is 6.07 Å². The molecule has 1 unspecified atom stereocenters. The molecule has 1 aliphatic rings. The quantitative estimate of drug-likeness (QED) is 0.898. The van der Waals surface area contributed by atoms with Crippen molar-refractivity contribution in [3.8, 4) is 5.75 Å². The highest BCUT2D eigenvalue weighted by Gasteiger charge is 2.34. The van der Waals surface area contributed by atoms with Crippen LogP contribution in [0.4, 0.5) is 0 Å². The lowest BCUT2D eigenvalue weighted by molar-refractivity contribution is 0.405. The van der Waals surface area contributed by atoms with Crippen molar-refractivity contribution in [3.63, 3.8) is 0 Å². The molecule has 0 bridgehead atoms. The van der Waals surface area contributed by atoms with Gasteiger partial charge >= 0.3 is 0 Å². The van der Waals surface area contributed by atoms with Gasteiger partial charge in [0.25, 0.3) is 0 Å². The minimum Gasteiger partial charge on any atom is -0.497 e. The number of methoxy groups -OCH3 is 1. The summed E-state index contributed by atoms with van der Waals surface area (Å²) < 4.78 is 5.34. The minimum absolute atomic E-state index is 0.345. The van der Waals surface area contributed by atoms with Gasteiger partial charge in [0.15, 0.2) is 0 Å². The Kier molecular flexibility index (Phi) is 2.88. The monoisotopic (exact) mass is 259 g/mol. The van der Waals surface area contributed by atoms with Gasteiger partial charge in [0.2, 0.25) is 0 Å². The van der Waals surface area contributed by atoms with Crippen LogP contribution >= 0.6 is 11.3 Å². The van der Waals surface area contributed by atoms with E-state index in [4.69, 9.17) is 10.5 Å². The van der Waals surface area contributed by atoms with Gasteiger partial charge in [-0.3, -0.25) is 0 Å². The summed E-state index contributed by atoms with van der Waals surface area (Å²) >= 11 is 1.71. The van der Waals surface area contributed by atoms with E-state index in [-0.39, 0.29) is 5.54 Å². The topological polar surface area (TPSA) is 35.2 Å². The Morgan fingerprint density at radius 2 is 2.22 bits per heavy atom. The molecule has 2 nitrogen and oxygen atoms in total. The van der Waals surface area contributed by atoms with Crippen LogP contribution in [0.1, 0.15) is 29.5 Å². The molecule has 0 amide bonds. The predicted molar refractivity (Wildman–Crippen MR) is 75.2 cm³/mol. The van der Waals surface area contributed by atoms with Crippen molar-refractivity contribution >= 4 is 11.3 Å². The first-order valence-electron chi connectivity index (χ1n) is 6.23. The van der Waals surface area contributed by atoms with E-state index in [0.717, 1.165) is 25.0 Å². The molecule has 2 aromatic rings. The average Bonchev–Trinajstić information content (AvgIpc) is 2.93. The number of rotatable bonds is 2. The van der Waals surface area contributed by atoms with Gasteiger partial charge in [-0.25, -0.2) is 0 Å². The normalized spacial score (nSPS) is 22.6. The minimum atomic E-state index is -0.345. The van der Waals surface area contributed by atoms with Crippen LogP contribution in [0.15, 0.2) is 35.0 Å². The lowest BCUT2D eigenvalue weighted by atomic mass is 9.74. The summed E-state index contributed by atoms with van der Waals surface area (Å²) in [5.41, 5.74) is 10.2. The Bertz CT molecular complexity index is 550. The highest BCUT2D eigenvalue weighted by Crippen LogP contribution is 2.40. The second-order valence-electron chi connectivity index (χ2n) is 4.86. The second kappa shape index (κ2) is 4.41. The van der Waals surface area contributed by atoms with E-state index in [1.165, 1.54) is 16.7 Å². The second-order valence-corrected chi connectivity index (χ2v) is 5.64. The Hall–Kier alpha value is -1.32. The summed E-state index contributed by atoms with van der Waals surface area (Å²) in [6, 6.07) is 8.42. The molecule has 3 rings (SSSR count). The zero-order chi connectivity index (χ0) is 12.6. The molecule has 1 aromatic heterocycles. The van der Waals surface area contributed by atoms with Gasteiger partial charge in [-0.05, 0) is 64.9 Å². The van der Waals surface area contributed by atoms with E-state index < -0.39 is 0 Å². The fourth-order valence-electron chi connectivity index (χ4n) is 2.83. The van der Waals surface area contributed by atoms with Crippen molar-refractivity contribution in [2.24, 2.45) is 5.73 Å². The first-order valence-corrected chi connectivity index (χ1v) is 7.17. The molecule has 3 heteroatoms. The van der Waals surface area contributed by atoms with Crippen molar-refractivity contribution in [1.29, 1.82) is 0 Å². The summed E-state index contributed by atoms with van der Waals surface area (Å²) in [4.78, 5) is 0. The average molecular weight is 259 g/mol. The van der Waals surface area contributed by atoms with Gasteiger partial charge in [-0.2, -0.15) is 11.3 Å². The fraction of sp³-hybridized carbons (Fsp3) is 0.333. The summed E-state index contributed by atoms with van der Waals surface area (Å²) in [6.07, 6.45) is 3.26. The Morgan fingerprint density at radius 1 is 1.33 bits per heavy atom. The third kappa shape index (κ3) is 1.74. The maximum Gasteiger partial charge on any atom is 0.119 e. The summed E-state index contributed by atoms with van der Waals surface area (Å²) in [7, 11) is 1.70. The number of nitrogens with two attached hydrogens (primary N) is 1. The zero-order valence-corrected chi connectivity index (χ0v) is 11.3. The molecule has 1 aromatic carbocycles. The predicted octanol–water partition coefficient (Wildman–Crippen LogP) is 3.30. The van der Waals surface area contributed by atoms with Crippen LogP contribution in [0.3, 0.4) is 0 Å². The van der Waals surface area contributed by atoms with Gasteiger partial charge in [0.1, 0.15) is 5.75 Å². The van der Waals surface area contributed by atoms with Crippen LogP contribution in [0.25, 0.3) is 0 Å². The Labute approximate surface area is 111 Å². The molecular formula is C15H17NOS. The van der Waals surface area contributed by atoms with Gasteiger partial charge in [0, 0.05) is 0 Å². The molecule has 94 valence electrons. The van der Waals surface area contributed by atoms with Crippen LogP contribution in [0.5, 0.6) is 5.75 Å². The summed E-state index contributed by atoms with van der Waals surface area (Å²) in [5.74, 6) is 0.890. The van der Waals surface area contributed by atoms with Gasteiger partial charge in [0.05, 0.1) is 12.6 Å². The first kappa shape index (κ1) is 11.8. The molecule has 1 heterocycles. The molecule has 2 N–H and O–H groups in total. The molecule has 0 saturated heterocycles. The van der Waals surface area contributed by atoms with Gasteiger partial charge < -0.3 is 10.5 Å². The highest BCUT2D eigenvalue weighted by molar-refractivity contribution is 7.08. The van der Waals surface area contributed by atoms with E-state index in [1.54, 1.807) is 18.4 Å². The third-order valence-electron chi connectivity index (χ3n) is 3.85. The molecular weight excluding hydrogens is 242 g/mol. The highest BCUT2D eigenvalue weighted by atomic mass is 32.1. The van der Waals surface area contributed by atoms with E-state index >= 15 is 0 Å². The maximum atomic E-state index is 6.71. The smallest absolute Gasteiger partial charge is 0.119 e. The number of thiophene rings is 1. The summed E-state index contributed by atoms with van der Waals surface area (Å²) in [6.45, 7) is 0. The molecule has 0 spiro atoms.